The van der Waals surface area contributed by atoms with E-state index in [4.69, 9.17) is 21.5 Å². The molecule has 4 heterocycles. The minimum Gasteiger partial charge on any atom is -0.423 e. The first-order valence-electron chi connectivity index (χ1n) is 17.8. The highest BCUT2D eigenvalue weighted by atomic mass is 79.9. The lowest BCUT2D eigenvalue weighted by atomic mass is 9.80. The minimum absolute atomic E-state index is 0.0733. The summed E-state index contributed by atoms with van der Waals surface area (Å²) in [4.78, 5) is 45.6. The Labute approximate surface area is 349 Å². The van der Waals surface area contributed by atoms with Crippen LogP contribution in [0.2, 0.25) is 0 Å². The van der Waals surface area contributed by atoms with Gasteiger partial charge in [-0.15, -0.1) is 0 Å². The molecule has 6 N–H and O–H groups in total. The van der Waals surface area contributed by atoms with Crippen LogP contribution < -0.4 is 16.9 Å². The molecule has 0 fully saturated rings. The maximum Gasteiger partial charge on any atom is 0.491 e. The summed E-state index contributed by atoms with van der Waals surface area (Å²) < 4.78 is 53.7. The lowest BCUT2D eigenvalue weighted by Crippen LogP contribution is -2.41. The van der Waals surface area contributed by atoms with E-state index in [0.717, 1.165) is 52.0 Å². The van der Waals surface area contributed by atoms with Gasteiger partial charge in [-0.1, -0.05) is 46.3 Å². The van der Waals surface area contributed by atoms with Crippen LogP contribution in [0.4, 0.5) is 17.6 Å². The first-order chi connectivity index (χ1) is 28.6. The van der Waals surface area contributed by atoms with Crippen molar-refractivity contribution in [2.75, 3.05) is 14.1 Å². The number of rotatable bonds is 6. The van der Waals surface area contributed by atoms with Crippen molar-refractivity contribution in [3.8, 4) is 11.1 Å². The summed E-state index contributed by atoms with van der Waals surface area (Å²) in [5.74, 6) is -2.88. The average molecular weight is 881 g/mol. The Bertz CT molecular complexity index is 2630. The summed E-state index contributed by atoms with van der Waals surface area (Å²) in [6.45, 7) is 0. The van der Waals surface area contributed by atoms with E-state index in [1.807, 2.05) is 24.3 Å². The monoisotopic (exact) mass is 880 g/mol. The van der Waals surface area contributed by atoms with Crippen LogP contribution in [-0.2, 0) is 20.7 Å². The number of carbonyl (C=O) groups excluding carboxylic acids is 2. The molecule has 0 saturated heterocycles. The second kappa shape index (κ2) is 17.6. The van der Waals surface area contributed by atoms with Crippen LogP contribution in [0.15, 0.2) is 148 Å². The number of hydrogen-bond donors (Lipinski definition) is 4. The van der Waals surface area contributed by atoms with Gasteiger partial charge in [0.2, 0.25) is 0 Å². The Morgan fingerprint density at radius 3 is 1.52 bits per heavy atom. The number of guanidine groups is 2. The van der Waals surface area contributed by atoms with E-state index in [-0.39, 0.29) is 29.3 Å². The molecule has 2 aliphatic heterocycles. The van der Waals surface area contributed by atoms with Crippen molar-refractivity contribution in [3.63, 3.8) is 0 Å². The number of pyridine rings is 2. The molecule has 4 aromatic carbocycles. The van der Waals surface area contributed by atoms with Gasteiger partial charge in [-0.25, -0.2) is 27.5 Å². The number of nitrogens with zero attached hydrogens (tertiary/aromatic N) is 6. The van der Waals surface area contributed by atoms with Gasteiger partial charge in [-0.05, 0) is 107 Å². The molecule has 2 amide bonds. The number of hydrogen-bond acceptors (Lipinski definition) is 10. The largest absolute Gasteiger partial charge is 0.491 e. The van der Waals surface area contributed by atoms with E-state index < -0.39 is 46.9 Å². The molecule has 0 spiro atoms. The second-order valence-electron chi connectivity index (χ2n) is 13.3. The fourth-order valence-electron chi connectivity index (χ4n) is 6.61. The van der Waals surface area contributed by atoms with Gasteiger partial charge in [0, 0.05) is 54.4 Å². The predicted octanol–water partition coefficient (Wildman–Crippen LogP) is 4.58. The number of aliphatic imine (C=N–C) groups is 2. The van der Waals surface area contributed by atoms with Gasteiger partial charge >= 0.3 is 7.12 Å². The zero-order valence-electron chi connectivity index (χ0n) is 31.7. The van der Waals surface area contributed by atoms with E-state index in [9.17, 15) is 27.2 Å². The molecule has 2 aliphatic rings. The van der Waals surface area contributed by atoms with E-state index in [1.54, 1.807) is 87.4 Å². The third-order valence-corrected chi connectivity index (χ3v) is 10.2. The molecule has 0 saturated carbocycles. The molecular formula is C42H34BBrF4N8O4. The van der Waals surface area contributed by atoms with E-state index in [1.165, 1.54) is 9.80 Å². The van der Waals surface area contributed by atoms with Gasteiger partial charge in [0.15, 0.2) is 23.0 Å². The van der Waals surface area contributed by atoms with Crippen molar-refractivity contribution in [3.05, 3.63) is 184 Å². The zero-order chi connectivity index (χ0) is 43.4. The molecule has 0 aliphatic carbocycles. The maximum absolute atomic E-state index is 14.3. The second-order valence-corrected chi connectivity index (χ2v) is 14.2. The number of aromatic nitrogens is 2. The predicted molar refractivity (Wildman–Crippen MR) is 221 cm³/mol. The minimum atomic E-state index is -1.97. The Hall–Kier alpha value is -6.76. The molecule has 60 heavy (non-hydrogen) atoms. The van der Waals surface area contributed by atoms with E-state index in [0.29, 0.717) is 16.7 Å². The molecular weight excluding hydrogens is 847 g/mol. The summed E-state index contributed by atoms with van der Waals surface area (Å²) in [7, 11) is 1.20. The molecule has 12 nitrogen and oxygen atoms in total. The van der Waals surface area contributed by atoms with Crippen molar-refractivity contribution in [2.45, 2.75) is 11.1 Å². The molecule has 2 aromatic heterocycles. The molecule has 0 bridgehead atoms. The molecule has 304 valence electrons. The lowest BCUT2D eigenvalue weighted by molar-refractivity contribution is -0.130. The number of amides is 2. The smallest absolute Gasteiger partial charge is 0.423 e. The molecule has 2 atom stereocenters. The van der Waals surface area contributed by atoms with Gasteiger partial charge in [0.1, 0.15) is 23.3 Å². The fourth-order valence-corrected chi connectivity index (χ4v) is 7.01. The maximum atomic E-state index is 14.3. The van der Waals surface area contributed by atoms with E-state index in [2.05, 4.69) is 35.9 Å². The van der Waals surface area contributed by atoms with Gasteiger partial charge < -0.3 is 21.5 Å². The quantitative estimate of drug-likeness (QED) is 0.139. The normalized spacial score (nSPS) is 18.2. The topological polar surface area (TPSA) is 184 Å². The average Bonchev–Trinajstić information content (AvgIpc) is 3.63. The van der Waals surface area contributed by atoms with Crippen LogP contribution in [0.5, 0.6) is 0 Å². The first kappa shape index (κ1) is 42.8. The first-order valence-corrected chi connectivity index (χ1v) is 18.6. The summed E-state index contributed by atoms with van der Waals surface area (Å²) in [6, 6.07) is 26.9. The summed E-state index contributed by atoms with van der Waals surface area (Å²) in [5.41, 5.74) is 11.9. The van der Waals surface area contributed by atoms with Crippen molar-refractivity contribution < 1.29 is 37.2 Å². The standard InChI is InChI=1S/C21H16F2N4O.C15H13BrN4O.C6H5BF2O2/c1-27-19(28)21(26-20(27)24,14-7-9-25-10-8-14)15-4-2-3-13(11-15)17-12-16(22)5-6-18(17)23;1-20-13(21)15(19-14(20)17,10-5-7-18-8-6-10)11-3-2-4-12(16)9-11;8-4-1-2-6(9)5(3-4)7(10)11/h2-12H,1H3,(H2,24,26);2-9H,1H3,(H2,17,19);1-3,10-11H. The Morgan fingerprint density at radius 1 is 0.600 bits per heavy atom. The van der Waals surface area contributed by atoms with Crippen LogP contribution in [-0.4, -0.2) is 74.8 Å². The van der Waals surface area contributed by atoms with Gasteiger partial charge in [-0.3, -0.25) is 29.4 Å². The molecule has 0 radical (unpaired) electrons. The Morgan fingerprint density at radius 2 is 1.07 bits per heavy atom. The molecule has 2 unspecified atom stereocenters. The van der Waals surface area contributed by atoms with Crippen LogP contribution in [0.3, 0.4) is 0 Å². The summed E-state index contributed by atoms with van der Waals surface area (Å²) in [6.07, 6.45) is 6.41. The highest BCUT2D eigenvalue weighted by Crippen LogP contribution is 2.41. The Kier molecular flexibility index (Phi) is 12.6. The van der Waals surface area contributed by atoms with Gasteiger partial charge in [0.25, 0.3) is 11.8 Å². The van der Waals surface area contributed by atoms with Gasteiger partial charge in [0.05, 0.1) is 0 Å². The summed E-state index contributed by atoms with van der Waals surface area (Å²) in [5, 5.41) is 17.0. The number of nitrogens with two attached hydrogens (primary N) is 2. The number of likely N-dealkylation sites (N-methyl/N-ethyl adjacent to an activating group) is 2. The SMILES string of the molecule is CN1C(=O)C(c2ccncc2)(c2cccc(-c3cc(F)ccc3F)c2)N=C1N.CN1C(=O)C(c2ccncc2)(c2cccc(Br)c2)N=C1N.OB(O)c1cc(F)ccc1F. The van der Waals surface area contributed by atoms with Crippen molar-refractivity contribution in [1.82, 2.24) is 19.8 Å². The van der Waals surface area contributed by atoms with Gasteiger partial charge in [-0.2, -0.15) is 0 Å². The highest BCUT2D eigenvalue weighted by molar-refractivity contribution is 9.10. The van der Waals surface area contributed by atoms with Crippen LogP contribution >= 0.6 is 15.9 Å². The zero-order valence-corrected chi connectivity index (χ0v) is 33.3. The third kappa shape index (κ3) is 8.25. The molecule has 6 aromatic rings. The van der Waals surface area contributed by atoms with Crippen LogP contribution in [0.1, 0.15) is 22.3 Å². The fraction of sp³-hybridized carbons (Fsp3) is 0.0952. The molecule has 8 rings (SSSR count). The van der Waals surface area contributed by atoms with Crippen molar-refractivity contribution in [1.29, 1.82) is 0 Å². The Balaban J connectivity index is 0.000000166. The highest BCUT2D eigenvalue weighted by Gasteiger charge is 2.50. The third-order valence-electron chi connectivity index (χ3n) is 9.67. The van der Waals surface area contributed by atoms with E-state index >= 15 is 0 Å². The molecule has 18 heteroatoms. The number of benzene rings is 4. The van der Waals surface area contributed by atoms with Crippen LogP contribution in [0.25, 0.3) is 11.1 Å². The number of carbonyl (C=O) groups is 2. The summed E-state index contributed by atoms with van der Waals surface area (Å²) >= 11 is 3.44. The van der Waals surface area contributed by atoms with Crippen LogP contribution in [0, 0.1) is 23.3 Å². The van der Waals surface area contributed by atoms with Crippen molar-refractivity contribution in [2.24, 2.45) is 21.5 Å². The number of halogens is 5. The van der Waals surface area contributed by atoms with Crippen molar-refractivity contribution >= 4 is 52.2 Å². The lowest BCUT2D eigenvalue weighted by Gasteiger charge is -2.26.